The van der Waals surface area contributed by atoms with Gasteiger partial charge in [0.25, 0.3) is 0 Å². The molecule has 0 spiro atoms. The predicted molar refractivity (Wildman–Crippen MR) is 102 cm³/mol. The second-order valence-corrected chi connectivity index (χ2v) is 10.6. The maximum atomic E-state index is 2.55. The number of hydrogen-bond donors (Lipinski definition) is 0. The molecule has 20 heavy (non-hydrogen) atoms. The van der Waals surface area contributed by atoms with E-state index in [9.17, 15) is 0 Å². The minimum Gasteiger partial charge on any atom is -0.114 e. The maximum absolute atomic E-state index is 2.55. The average molecular weight is 402 g/mol. The average Bonchev–Trinajstić information content (AvgIpc) is 2.59. The summed E-state index contributed by atoms with van der Waals surface area (Å²) in [6.45, 7) is 16.5. The molecular formula is C18H27IS. The molecule has 0 amide bonds. The van der Waals surface area contributed by atoms with Crippen LogP contribution in [0.15, 0.2) is 34.3 Å². The molecule has 0 aromatic heterocycles. The molecule has 1 heterocycles. The lowest BCUT2D eigenvalue weighted by Crippen LogP contribution is -2.30. The van der Waals surface area contributed by atoms with Crippen molar-refractivity contribution in [2.24, 2.45) is 16.7 Å². The van der Waals surface area contributed by atoms with E-state index >= 15 is 0 Å². The van der Waals surface area contributed by atoms with E-state index in [0.29, 0.717) is 11.3 Å². The van der Waals surface area contributed by atoms with E-state index in [1.54, 1.807) is 5.57 Å². The van der Waals surface area contributed by atoms with E-state index in [1.807, 2.05) is 0 Å². The molecule has 0 fully saturated rings. The van der Waals surface area contributed by atoms with Gasteiger partial charge in [-0.15, -0.1) is 11.8 Å². The Bertz CT molecular complexity index is 496. The van der Waals surface area contributed by atoms with Gasteiger partial charge in [0.15, 0.2) is 0 Å². The van der Waals surface area contributed by atoms with Crippen molar-refractivity contribution in [2.75, 3.05) is 4.43 Å². The van der Waals surface area contributed by atoms with Crippen molar-refractivity contribution in [2.45, 2.75) is 53.2 Å². The van der Waals surface area contributed by atoms with Crippen LogP contribution in [0.2, 0.25) is 0 Å². The molecule has 0 aromatic rings. The van der Waals surface area contributed by atoms with Gasteiger partial charge in [0.1, 0.15) is 0 Å². The fraction of sp³-hybridized carbons (Fsp3) is 0.667. The third-order valence-electron chi connectivity index (χ3n) is 4.21. The molecule has 2 aliphatic rings. The Morgan fingerprint density at radius 2 is 1.80 bits per heavy atom. The van der Waals surface area contributed by atoms with Gasteiger partial charge in [-0.25, -0.2) is 0 Å². The first-order valence-electron chi connectivity index (χ1n) is 7.40. The highest BCUT2D eigenvalue weighted by Crippen LogP contribution is 2.58. The zero-order valence-corrected chi connectivity index (χ0v) is 16.8. The Balaban J connectivity index is 2.53. The van der Waals surface area contributed by atoms with E-state index in [0.717, 1.165) is 4.43 Å². The molecule has 2 rings (SSSR count). The summed E-state index contributed by atoms with van der Waals surface area (Å²) in [7, 11) is 0. The smallest absolute Gasteiger partial charge is 0.0490 e. The predicted octanol–water partition coefficient (Wildman–Crippen LogP) is 6.39. The van der Waals surface area contributed by atoms with Gasteiger partial charge in [0.2, 0.25) is 0 Å². The monoisotopic (exact) mass is 402 g/mol. The first-order chi connectivity index (χ1) is 8.99. The largest absolute Gasteiger partial charge is 0.114 e. The molecular weight excluding hydrogens is 375 g/mol. The number of alkyl halides is 1. The number of hydrogen-bond acceptors (Lipinski definition) is 1. The quantitative estimate of drug-likeness (QED) is 0.362. The lowest BCUT2D eigenvalue weighted by atomic mass is 9.73. The van der Waals surface area contributed by atoms with Gasteiger partial charge in [0, 0.05) is 20.0 Å². The van der Waals surface area contributed by atoms with Crippen molar-refractivity contribution in [3.05, 3.63) is 34.3 Å². The van der Waals surface area contributed by atoms with Gasteiger partial charge in [-0.1, -0.05) is 82.4 Å². The van der Waals surface area contributed by atoms with Crippen LogP contribution in [0.5, 0.6) is 0 Å². The summed E-state index contributed by atoms with van der Waals surface area (Å²) in [4.78, 5) is 1.51. The number of rotatable bonds is 1. The molecule has 2 atom stereocenters. The molecule has 0 nitrogen and oxygen atoms in total. The molecule has 2 unspecified atom stereocenters. The first-order valence-corrected chi connectivity index (χ1v) is 9.74. The summed E-state index contributed by atoms with van der Waals surface area (Å²) < 4.78 is 1.41. The summed E-state index contributed by atoms with van der Waals surface area (Å²) in [6.07, 6.45) is 7.31. The van der Waals surface area contributed by atoms with Crippen molar-refractivity contribution < 1.29 is 0 Å². The van der Waals surface area contributed by atoms with Gasteiger partial charge in [-0.2, -0.15) is 0 Å². The van der Waals surface area contributed by atoms with Gasteiger partial charge in [-0.3, -0.25) is 0 Å². The fourth-order valence-corrected chi connectivity index (χ4v) is 5.70. The highest BCUT2D eigenvalue weighted by atomic mass is 127. The number of thioether (sulfide) groups is 1. The third-order valence-corrected chi connectivity index (χ3v) is 7.62. The van der Waals surface area contributed by atoms with E-state index in [-0.39, 0.29) is 10.2 Å². The molecule has 0 aromatic carbocycles. The van der Waals surface area contributed by atoms with Gasteiger partial charge in [-0.05, 0) is 28.9 Å². The van der Waals surface area contributed by atoms with Crippen molar-refractivity contribution in [3.8, 4) is 0 Å². The minimum absolute atomic E-state index is 0.233. The van der Waals surface area contributed by atoms with Crippen LogP contribution in [0.4, 0.5) is 0 Å². The van der Waals surface area contributed by atoms with Crippen LogP contribution < -0.4 is 0 Å². The number of halogens is 1. The summed E-state index contributed by atoms with van der Waals surface area (Å²) in [5, 5.41) is 0. The zero-order chi connectivity index (χ0) is 15.3. The fourth-order valence-electron chi connectivity index (χ4n) is 3.29. The molecule has 0 saturated heterocycles. The Hall–Kier alpha value is 0.300. The lowest BCUT2D eigenvalue weighted by molar-refractivity contribution is 0.342. The molecule has 2 heteroatoms. The maximum Gasteiger partial charge on any atom is 0.0490 e. The third kappa shape index (κ3) is 2.92. The Labute approximate surface area is 142 Å². The second-order valence-electron chi connectivity index (χ2n) is 8.29. The van der Waals surface area contributed by atoms with Gasteiger partial charge in [0.05, 0.1) is 0 Å². The van der Waals surface area contributed by atoms with Crippen LogP contribution in [0.25, 0.3) is 0 Å². The number of fused-ring (bicyclic) bond motifs is 1. The molecule has 0 radical (unpaired) electrons. The van der Waals surface area contributed by atoms with Gasteiger partial charge < -0.3 is 0 Å². The topological polar surface area (TPSA) is 0 Å². The molecule has 112 valence electrons. The molecule has 0 bridgehead atoms. The van der Waals surface area contributed by atoms with Crippen LogP contribution >= 0.6 is 34.4 Å². The Kier molecular flexibility index (Phi) is 4.32. The Morgan fingerprint density at radius 1 is 1.20 bits per heavy atom. The SMILES string of the molecule is CC(C)(C)C1=C2C=CC(C(C)(C)C)C=C2SC1(C)CI. The van der Waals surface area contributed by atoms with Crippen LogP contribution in [0.3, 0.4) is 0 Å². The highest BCUT2D eigenvalue weighted by Gasteiger charge is 2.45. The summed E-state index contributed by atoms with van der Waals surface area (Å²) >= 11 is 4.63. The van der Waals surface area contributed by atoms with Crippen LogP contribution in [0, 0.1) is 16.7 Å². The normalized spacial score (nSPS) is 30.6. The Morgan fingerprint density at radius 3 is 2.25 bits per heavy atom. The zero-order valence-electron chi connectivity index (χ0n) is 13.8. The van der Waals surface area contributed by atoms with E-state index in [1.165, 1.54) is 10.5 Å². The van der Waals surface area contributed by atoms with Gasteiger partial charge >= 0.3 is 0 Å². The molecule has 0 saturated carbocycles. The summed E-state index contributed by atoms with van der Waals surface area (Å²) in [5.41, 5.74) is 3.67. The van der Waals surface area contributed by atoms with E-state index in [4.69, 9.17) is 0 Å². The van der Waals surface area contributed by atoms with Crippen molar-refractivity contribution in [3.63, 3.8) is 0 Å². The number of allylic oxidation sites excluding steroid dienone is 4. The van der Waals surface area contributed by atoms with Crippen LogP contribution in [0.1, 0.15) is 48.5 Å². The molecule has 1 aliphatic carbocycles. The van der Waals surface area contributed by atoms with Crippen LogP contribution in [-0.4, -0.2) is 9.17 Å². The molecule has 1 aliphatic heterocycles. The first kappa shape index (κ1) is 16.7. The molecule has 0 N–H and O–H groups in total. The minimum atomic E-state index is 0.233. The van der Waals surface area contributed by atoms with Crippen molar-refractivity contribution in [1.29, 1.82) is 0 Å². The van der Waals surface area contributed by atoms with E-state index in [2.05, 4.69) is 101 Å². The summed E-state index contributed by atoms with van der Waals surface area (Å²) in [5.74, 6) is 0.548. The van der Waals surface area contributed by atoms with E-state index < -0.39 is 0 Å². The van der Waals surface area contributed by atoms with Crippen molar-refractivity contribution >= 4 is 34.4 Å². The highest BCUT2D eigenvalue weighted by molar-refractivity contribution is 14.1. The second kappa shape index (κ2) is 5.19. The van der Waals surface area contributed by atoms with Crippen molar-refractivity contribution in [1.82, 2.24) is 0 Å². The van der Waals surface area contributed by atoms with Crippen LogP contribution in [-0.2, 0) is 0 Å². The standard InChI is InChI=1S/C18H27IS/c1-16(2,3)12-8-9-13-14(10-12)20-18(7,11-19)15(13)17(4,5)6/h8-10,12H,11H2,1-7H3. The summed E-state index contributed by atoms with van der Waals surface area (Å²) in [6, 6.07) is 0. The lowest BCUT2D eigenvalue weighted by Gasteiger charge is -2.34.